The molecule has 0 spiro atoms. The van der Waals surface area contributed by atoms with Crippen molar-refractivity contribution in [3.8, 4) is 0 Å². The van der Waals surface area contributed by atoms with E-state index in [1.807, 2.05) is 0 Å². The zero-order valence-corrected chi connectivity index (χ0v) is 16.4. The summed E-state index contributed by atoms with van der Waals surface area (Å²) in [5.74, 6) is 2.84. The van der Waals surface area contributed by atoms with Gasteiger partial charge in [-0.2, -0.15) is 4.31 Å². The molecule has 1 aromatic carbocycles. The average molecular weight is 391 g/mol. The van der Waals surface area contributed by atoms with E-state index in [1.165, 1.54) is 23.6 Å². The number of morpholine rings is 1. The fourth-order valence-electron chi connectivity index (χ4n) is 5.78. The Balaban J connectivity index is 1.34. The van der Waals surface area contributed by atoms with E-state index in [9.17, 15) is 13.2 Å². The summed E-state index contributed by atoms with van der Waals surface area (Å²) < 4.78 is 32.7. The van der Waals surface area contributed by atoms with Gasteiger partial charge in [0.15, 0.2) is 0 Å². The molecular weight excluding hydrogens is 364 g/mol. The van der Waals surface area contributed by atoms with Gasteiger partial charge in [-0.1, -0.05) is 6.07 Å². The number of hydrogen-bond donors (Lipinski definition) is 1. The van der Waals surface area contributed by atoms with Crippen LogP contribution >= 0.6 is 0 Å². The van der Waals surface area contributed by atoms with Crippen molar-refractivity contribution in [1.29, 1.82) is 0 Å². The summed E-state index contributed by atoms with van der Waals surface area (Å²) in [4.78, 5) is 13.0. The van der Waals surface area contributed by atoms with E-state index in [-0.39, 0.29) is 16.7 Å². The minimum absolute atomic E-state index is 0.0696. The Morgan fingerprint density at radius 1 is 1.15 bits per heavy atom. The summed E-state index contributed by atoms with van der Waals surface area (Å²) in [6.45, 7) is 3.37. The highest BCUT2D eigenvalue weighted by Crippen LogP contribution is 2.69. The Kier molecular flexibility index (Phi) is 4.11. The maximum absolute atomic E-state index is 13.0. The molecule has 1 heterocycles. The molecule has 1 aliphatic heterocycles. The van der Waals surface area contributed by atoms with Crippen LogP contribution in [0.2, 0.25) is 0 Å². The van der Waals surface area contributed by atoms with Gasteiger partial charge in [0.05, 0.1) is 18.1 Å². The predicted octanol–water partition coefficient (Wildman–Crippen LogP) is 2.25. The van der Waals surface area contributed by atoms with E-state index >= 15 is 0 Å². The molecule has 146 valence electrons. The molecule has 1 saturated heterocycles. The topological polar surface area (TPSA) is 75.7 Å². The number of rotatable bonds is 4. The highest BCUT2D eigenvalue weighted by Gasteiger charge is 2.67. The van der Waals surface area contributed by atoms with Crippen LogP contribution in [0.4, 0.5) is 5.69 Å². The molecule has 1 N–H and O–H groups in total. The third-order valence-corrected chi connectivity index (χ3v) is 9.12. The molecule has 5 rings (SSSR count). The fraction of sp³-hybridized carbons (Fsp3) is 0.650. The van der Waals surface area contributed by atoms with Crippen LogP contribution in [0.1, 0.15) is 24.8 Å². The lowest BCUT2D eigenvalue weighted by atomic mass is 10.0. The van der Waals surface area contributed by atoms with Crippen molar-refractivity contribution in [2.75, 3.05) is 31.6 Å². The van der Waals surface area contributed by atoms with E-state index in [4.69, 9.17) is 4.74 Å². The Labute approximate surface area is 160 Å². The standard InChI is InChI=1S/C20H26N2O4S/c1-12-2-5-15(11-16(12)27(24,25)22-6-8-26-9-7-22)21-20(23)19-17-13-3-4-14(10-13)18(17)19/h2,5,11,13-14,17-19H,3-4,6-10H2,1H3,(H,21,23)/t13-,14-,17+,18+/m0/s1. The van der Waals surface area contributed by atoms with Crippen molar-refractivity contribution in [1.82, 2.24) is 4.31 Å². The van der Waals surface area contributed by atoms with Gasteiger partial charge in [0.25, 0.3) is 0 Å². The van der Waals surface area contributed by atoms with Crippen molar-refractivity contribution < 1.29 is 17.9 Å². The number of amides is 1. The molecule has 0 unspecified atom stereocenters. The predicted molar refractivity (Wildman–Crippen MR) is 101 cm³/mol. The number of nitrogens with one attached hydrogen (secondary N) is 1. The summed E-state index contributed by atoms with van der Waals surface area (Å²) in [5, 5.41) is 3.00. The molecule has 1 amide bonds. The van der Waals surface area contributed by atoms with Gasteiger partial charge < -0.3 is 10.1 Å². The number of sulfonamides is 1. The van der Waals surface area contributed by atoms with Crippen molar-refractivity contribution in [2.24, 2.45) is 29.6 Å². The molecule has 7 heteroatoms. The third-order valence-electron chi connectivity index (χ3n) is 7.08. The molecule has 4 aliphatic rings. The normalized spacial score (nSPS) is 35.1. The molecule has 2 bridgehead atoms. The van der Waals surface area contributed by atoms with Crippen LogP contribution < -0.4 is 5.32 Å². The van der Waals surface area contributed by atoms with E-state index in [2.05, 4.69) is 5.32 Å². The lowest BCUT2D eigenvalue weighted by molar-refractivity contribution is -0.118. The number of benzene rings is 1. The zero-order valence-electron chi connectivity index (χ0n) is 15.6. The first-order valence-electron chi connectivity index (χ1n) is 9.96. The van der Waals surface area contributed by atoms with Gasteiger partial charge in [-0.15, -0.1) is 0 Å². The minimum atomic E-state index is -3.58. The summed E-state index contributed by atoms with van der Waals surface area (Å²) in [6.07, 6.45) is 3.87. The number of nitrogens with zero attached hydrogens (tertiary/aromatic N) is 1. The first kappa shape index (κ1) is 17.6. The van der Waals surface area contributed by atoms with Gasteiger partial charge >= 0.3 is 0 Å². The molecule has 6 nitrogen and oxygen atoms in total. The molecule has 1 aromatic rings. The first-order valence-corrected chi connectivity index (χ1v) is 11.4. The van der Waals surface area contributed by atoms with Crippen LogP contribution in [0.3, 0.4) is 0 Å². The maximum atomic E-state index is 13.0. The number of carbonyl (C=O) groups excluding carboxylic acids is 1. The summed E-state index contributed by atoms with van der Waals surface area (Å²) >= 11 is 0. The fourth-order valence-corrected chi connectivity index (χ4v) is 7.44. The minimum Gasteiger partial charge on any atom is -0.379 e. The van der Waals surface area contributed by atoms with E-state index in [0.717, 1.165) is 11.8 Å². The summed E-state index contributed by atoms with van der Waals surface area (Å²) in [7, 11) is -3.58. The number of carbonyl (C=O) groups is 1. The van der Waals surface area contributed by atoms with E-state index in [0.29, 0.717) is 49.4 Å². The number of hydrogen-bond acceptors (Lipinski definition) is 4. The smallest absolute Gasteiger partial charge is 0.243 e. The first-order chi connectivity index (χ1) is 13.0. The third kappa shape index (κ3) is 2.82. The van der Waals surface area contributed by atoms with Crippen molar-refractivity contribution in [3.63, 3.8) is 0 Å². The average Bonchev–Trinajstić information content (AvgIpc) is 3.12. The highest BCUT2D eigenvalue weighted by molar-refractivity contribution is 7.89. The van der Waals surface area contributed by atoms with Gasteiger partial charge in [0.1, 0.15) is 0 Å². The van der Waals surface area contributed by atoms with Crippen LogP contribution in [0.25, 0.3) is 0 Å². The van der Waals surface area contributed by atoms with Crippen LogP contribution in [-0.2, 0) is 19.6 Å². The van der Waals surface area contributed by atoms with Crippen molar-refractivity contribution >= 4 is 21.6 Å². The lowest BCUT2D eigenvalue weighted by Gasteiger charge is -2.26. The molecular formula is C20H26N2O4S. The number of aryl methyl sites for hydroxylation is 1. The molecule has 4 fully saturated rings. The Hall–Kier alpha value is -1.44. The Morgan fingerprint density at radius 2 is 1.81 bits per heavy atom. The van der Waals surface area contributed by atoms with Crippen molar-refractivity contribution in [2.45, 2.75) is 31.1 Å². The van der Waals surface area contributed by atoms with Gasteiger partial charge in [-0.25, -0.2) is 8.42 Å². The van der Waals surface area contributed by atoms with Gasteiger partial charge in [-0.3, -0.25) is 4.79 Å². The molecule has 0 radical (unpaired) electrons. The van der Waals surface area contributed by atoms with Gasteiger partial charge in [0, 0.05) is 24.7 Å². The van der Waals surface area contributed by atoms with E-state index in [1.54, 1.807) is 25.1 Å². The highest BCUT2D eigenvalue weighted by atomic mass is 32.2. The molecule has 27 heavy (non-hydrogen) atoms. The second-order valence-electron chi connectivity index (χ2n) is 8.50. The van der Waals surface area contributed by atoms with Crippen LogP contribution in [-0.4, -0.2) is 44.9 Å². The van der Waals surface area contributed by atoms with Gasteiger partial charge in [0.2, 0.25) is 15.9 Å². The molecule has 0 aromatic heterocycles. The second-order valence-corrected chi connectivity index (χ2v) is 10.4. The maximum Gasteiger partial charge on any atom is 0.243 e. The summed E-state index contributed by atoms with van der Waals surface area (Å²) in [5.41, 5.74) is 1.27. The Bertz CT molecular complexity index is 862. The second kappa shape index (κ2) is 6.29. The largest absolute Gasteiger partial charge is 0.379 e. The Morgan fingerprint density at radius 3 is 2.48 bits per heavy atom. The van der Waals surface area contributed by atoms with Crippen LogP contribution in [0.15, 0.2) is 23.1 Å². The van der Waals surface area contributed by atoms with Gasteiger partial charge in [-0.05, 0) is 67.6 Å². The van der Waals surface area contributed by atoms with Crippen LogP contribution in [0.5, 0.6) is 0 Å². The molecule has 4 atom stereocenters. The monoisotopic (exact) mass is 390 g/mol. The van der Waals surface area contributed by atoms with Crippen LogP contribution in [0, 0.1) is 36.5 Å². The van der Waals surface area contributed by atoms with E-state index < -0.39 is 10.0 Å². The van der Waals surface area contributed by atoms with Crippen molar-refractivity contribution in [3.05, 3.63) is 23.8 Å². The number of fused-ring (bicyclic) bond motifs is 5. The molecule has 3 aliphatic carbocycles. The quantitative estimate of drug-likeness (QED) is 0.856. The lowest BCUT2D eigenvalue weighted by Crippen LogP contribution is -2.40. The SMILES string of the molecule is Cc1ccc(NC(=O)C2[C@@H]3[C@H]4CC[C@@H](C4)[C@@H]23)cc1S(=O)(=O)N1CCOCC1. The summed E-state index contributed by atoms with van der Waals surface area (Å²) in [6, 6.07) is 5.20. The number of ether oxygens (including phenoxy) is 1. The zero-order chi connectivity index (χ0) is 18.8. The molecule has 3 saturated carbocycles. The number of anilines is 1.